The molecule has 0 aromatic carbocycles. The Hall–Kier alpha value is -1.51. The summed E-state index contributed by atoms with van der Waals surface area (Å²) in [5, 5.41) is 8.41. The molecule has 0 spiro atoms. The predicted octanol–water partition coefficient (Wildman–Crippen LogP) is 2.22. The molecule has 0 saturated heterocycles. The van der Waals surface area contributed by atoms with Crippen LogP contribution in [0.2, 0.25) is 0 Å². The first-order chi connectivity index (χ1) is 6.56. The molecular formula is C11H17NO2. The zero-order valence-corrected chi connectivity index (χ0v) is 8.49. The molecule has 0 aliphatic heterocycles. The molecule has 0 amide bonds. The topological polar surface area (TPSA) is 63.3 Å². The van der Waals surface area contributed by atoms with Crippen molar-refractivity contribution in [3.63, 3.8) is 0 Å². The molecule has 0 heterocycles. The highest BCUT2D eigenvalue weighted by atomic mass is 16.4. The van der Waals surface area contributed by atoms with Crippen molar-refractivity contribution in [3.8, 4) is 0 Å². The molecule has 3 heteroatoms. The monoisotopic (exact) mass is 195 g/mol. The van der Waals surface area contributed by atoms with Crippen molar-refractivity contribution in [1.29, 1.82) is 0 Å². The average molecular weight is 195 g/mol. The lowest BCUT2D eigenvalue weighted by Gasteiger charge is -1.97. The maximum absolute atomic E-state index is 10.2. The first kappa shape index (κ1) is 12.5. The maximum Gasteiger partial charge on any atom is 0.303 e. The van der Waals surface area contributed by atoms with Gasteiger partial charge in [0, 0.05) is 12.1 Å². The molecule has 0 aromatic rings. The van der Waals surface area contributed by atoms with Gasteiger partial charge in [0.2, 0.25) is 0 Å². The predicted molar refractivity (Wildman–Crippen MR) is 57.7 cm³/mol. The summed E-state index contributed by atoms with van der Waals surface area (Å²) in [5.74, 6) is -0.769. The van der Waals surface area contributed by atoms with Crippen LogP contribution in [0.5, 0.6) is 0 Å². The summed E-state index contributed by atoms with van der Waals surface area (Å²) in [6.45, 7) is 5.65. The third-order valence-corrected chi connectivity index (χ3v) is 1.73. The van der Waals surface area contributed by atoms with Gasteiger partial charge in [-0.3, -0.25) is 4.79 Å². The molecule has 0 bridgehead atoms. The number of hydrogen-bond acceptors (Lipinski definition) is 2. The third kappa shape index (κ3) is 7.16. The first-order valence-electron chi connectivity index (χ1n) is 4.55. The molecule has 0 aromatic heterocycles. The van der Waals surface area contributed by atoms with Crippen molar-refractivity contribution < 1.29 is 9.90 Å². The zero-order chi connectivity index (χ0) is 11.0. The summed E-state index contributed by atoms with van der Waals surface area (Å²) in [6, 6.07) is 0. The van der Waals surface area contributed by atoms with Crippen LogP contribution in [-0.2, 0) is 4.79 Å². The molecule has 78 valence electrons. The van der Waals surface area contributed by atoms with Gasteiger partial charge in [0.25, 0.3) is 0 Å². The molecule has 0 atom stereocenters. The molecule has 0 unspecified atom stereocenters. The lowest BCUT2D eigenvalue weighted by molar-refractivity contribution is -0.137. The Labute approximate surface area is 84.6 Å². The van der Waals surface area contributed by atoms with Crippen molar-refractivity contribution in [1.82, 2.24) is 0 Å². The van der Waals surface area contributed by atoms with Gasteiger partial charge < -0.3 is 10.8 Å². The minimum Gasteiger partial charge on any atom is -0.481 e. The minimum absolute atomic E-state index is 0.186. The summed E-state index contributed by atoms with van der Waals surface area (Å²) < 4.78 is 0. The van der Waals surface area contributed by atoms with Crippen LogP contribution in [0.3, 0.4) is 0 Å². The average Bonchev–Trinajstić information content (AvgIpc) is 2.13. The second-order valence-electron chi connectivity index (χ2n) is 3.03. The third-order valence-electron chi connectivity index (χ3n) is 1.73. The number of hydrogen-bond donors (Lipinski definition) is 2. The summed E-state index contributed by atoms with van der Waals surface area (Å²) in [6.07, 6.45) is 6.88. The molecule has 0 rings (SSSR count). The van der Waals surface area contributed by atoms with E-state index in [0.29, 0.717) is 18.5 Å². The van der Waals surface area contributed by atoms with Crippen LogP contribution in [0.1, 0.15) is 26.2 Å². The summed E-state index contributed by atoms with van der Waals surface area (Å²) in [4.78, 5) is 10.2. The molecule has 0 aliphatic rings. The van der Waals surface area contributed by atoms with E-state index in [0.717, 1.165) is 5.57 Å². The van der Waals surface area contributed by atoms with Crippen LogP contribution in [0.4, 0.5) is 0 Å². The fourth-order valence-corrected chi connectivity index (χ4v) is 0.860. The summed E-state index contributed by atoms with van der Waals surface area (Å²) >= 11 is 0. The van der Waals surface area contributed by atoms with E-state index in [9.17, 15) is 4.79 Å². The standard InChI is InChI=1S/C11H17NO2/c1-3-10(12)8-7-9(2)5-4-6-11(13)14/h3,7-8H,2,4-6,12H2,1H3,(H,13,14)/b8-7-,10-3+. The Bertz CT molecular complexity index is 264. The summed E-state index contributed by atoms with van der Waals surface area (Å²) in [7, 11) is 0. The van der Waals surface area contributed by atoms with Gasteiger partial charge >= 0.3 is 5.97 Å². The fraction of sp³-hybridized carbons (Fsp3) is 0.364. The fourth-order valence-electron chi connectivity index (χ4n) is 0.860. The van der Waals surface area contributed by atoms with E-state index < -0.39 is 5.97 Å². The number of carboxylic acids is 1. The second kappa shape index (κ2) is 6.95. The van der Waals surface area contributed by atoms with Crippen molar-refractivity contribution in [3.05, 3.63) is 36.1 Å². The van der Waals surface area contributed by atoms with Crippen LogP contribution >= 0.6 is 0 Å². The minimum atomic E-state index is -0.769. The van der Waals surface area contributed by atoms with E-state index in [1.165, 1.54) is 0 Å². The van der Waals surface area contributed by atoms with Crippen LogP contribution in [0.25, 0.3) is 0 Å². The second-order valence-corrected chi connectivity index (χ2v) is 3.03. The molecule has 0 fully saturated rings. The van der Waals surface area contributed by atoms with Gasteiger partial charge in [0.05, 0.1) is 0 Å². The van der Waals surface area contributed by atoms with Crippen LogP contribution < -0.4 is 5.73 Å². The number of carbonyl (C=O) groups is 1. The number of carboxylic acid groups (broad SMARTS) is 1. The zero-order valence-electron chi connectivity index (χ0n) is 8.49. The van der Waals surface area contributed by atoms with Crippen LogP contribution in [0.15, 0.2) is 36.1 Å². The number of aliphatic carboxylic acids is 1. The van der Waals surface area contributed by atoms with E-state index in [1.54, 1.807) is 12.2 Å². The maximum atomic E-state index is 10.2. The molecule has 0 saturated carbocycles. The number of allylic oxidation sites excluding steroid dienone is 4. The Kier molecular flexibility index (Phi) is 6.20. The van der Waals surface area contributed by atoms with Crippen molar-refractivity contribution in [2.75, 3.05) is 0 Å². The largest absolute Gasteiger partial charge is 0.481 e. The van der Waals surface area contributed by atoms with Crippen LogP contribution in [-0.4, -0.2) is 11.1 Å². The Morgan fingerprint density at radius 3 is 2.57 bits per heavy atom. The summed E-state index contributed by atoms with van der Waals surface area (Å²) in [5.41, 5.74) is 7.12. The van der Waals surface area contributed by atoms with Gasteiger partial charge in [-0.2, -0.15) is 0 Å². The van der Waals surface area contributed by atoms with Crippen molar-refractivity contribution in [2.24, 2.45) is 5.73 Å². The van der Waals surface area contributed by atoms with Crippen molar-refractivity contribution >= 4 is 5.97 Å². The van der Waals surface area contributed by atoms with Gasteiger partial charge in [-0.25, -0.2) is 0 Å². The van der Waals surface area contributed by atoms with E-state index in [4.69, 9.17) is 10.8 Å². The van der Waals surface area contributed by atoms with Gasteiger partial charge in [-0.05, 0) is 25.8 Å². The molecule has 14 heavy (non-hydrogen) atoms. The molecule has 0 aliphatic carbocycles. The first-order valence-corrected chi connectivity index (χ1v) is 4.55. The van der Waals surface area contributed by atoms with E-state index in [2.05, 4.69) is 6.58 Å². The number of rotatable bonds is 6. The highest BCUT2D eigenvalue weighted by Crippen LogP contribution is 2.07. The SMILES string of the molecule is C=C(/C=C\C(N)=C/C)CCCC(=O)O. The van der Waals surface area contributed by atoms with Gasteiger partial charge in [-0.15, -0.1) is 0 Å². The van der Waals surface area contributed by atoms with E-state index >= 15 is 0 Å². The quantitative estimate of drug-likeness (QED) is 0.639. The van der Waals surface area contributed by atoms with E-state index in [-0.39, 0.29) is 6.42 Å². The molecule has 3 N–H and O–H groups in total. The Morgan fingerprint density at radius 2 is 2.07 bits per heavy atom. The number of nitrogens with two attached hydrogens (primary N) is 1. The molecule has 0 radical (unpaired) electrons. The van der Waals surface area contributed by atoms with Gasteiger partial charge in [0.1, 0.15) is 0 Å². The van der Waals surface area contributed by atoms with E-state index in [1.807, 2.05) is 13.0 Å². The Balaban J connectivity index is 3.76. The molecular weight excluding hydrogens is 178 g/mol. The van der Waals surface area contributed by atoms with Crippen molar-refractivity contribution in [2.45, 2.75) is 26.2 Å². The van der Waals surface area contributed by atoms with Crippen LogP contribution in [0, 0.1) is 0 Å². The van der Waals surface area contributed by atoms with Gasteiger partial charge in [-0.1, -0.05) is 24.3 Å². The lowest BCUT2D eigenvalue weighted by atomic mass is 10.1. The highest BCUT2D eigenvalue weighted by molar-refractivity contribution is 5.66. The smallest absolute Gasteiger partial charge is 0.303 e. The lowest BCUT2D eigenvalue weighted by Crippen LogP contribution is -1.94. The Morgan fingerprint density at radius 1 is 1.43 bits per heavy atom. The highest BCUT2D eigenvalue weighted by Gasteiger charge is 1.96. The molecule has 3 nitrogen and oxygen atoms in total. The normalized spacial score (nSPS) is 11.9. The van der Waals surface area contributed by atoms with Gasteiger partial charge in [0.15, 0.2) is 0 Å².